The standard InChI is InChI=1S/C6H11N3OS.BrH/c1-6(2)3-4(9-10-6)8-5(7)11;/h3H2,1-2H3,(H3,7,8,9,11);1H. The molecule has 1 fully saturated rings. The monoisotopic (exact) mass is 253 g/mol. The fraction of sp³-hybridized carbons (Fsp3) is 0.667. The van der Waals surface area contributed by atoms with Gasteiger partial charge in [-0.25, -0.2) is 4.99 Å². The zero-order valence-corrected chi connectivity index (χ0v) is 9.49. The third kappa shape index (κ3) is 3.46. The highest BCUT2D eigenvalue weighted by Gasteiger charge is 2.29. The van der Waals surface area contributed by atoms with Gasteiger partial charge in [0.05, 0.1) is 5.60 Å². The van der Waals surface area contributed by atoms with Gasteiger partial charge in [0.1, 0.15) is 5.84 Å². The van der Waals surface area contributed by atoms with E-state index in [9.17, 15) is 0 Å². The average molecular weight is 254 g/mol. The maximum atomic E-state index is 5.21. The van der Waals surface area contributed by atoms with Gasteiger partial charge in [-0.15, -0.1) is 17.0 Å². The van der Waals surface area contributed by atoms with E-state index in [1.54, 1.807) is 0 Å². The van der Waals surface area contributed by atoms with E-state index in [2.05, 4.69) is 22.7 Å². The number of nitrogens with zero attached hydrogens (tertiary/aromatic N) is 1. The fourth-order valence-corrected chi connectivity index (χ4v) is 0.978. The van der Waals surface area contributed by atoms with Crippen LogP contribution in [0.4, 0.5) is 0 Å². The summed E-state index contributed by atoms with van der Waals surface area (Å²) in [7, 11) is 0. The molecule has 1 saturated heterocycles. The molecule has 3 N–H and O–H groups in total. The van der Waals surface area contributed by atoms with Crippen LogP contribution in [0.15, 0.2) is 4.99 Å². The van der Waals surface area contributed by atoms with Gasteiger partial charge in [-0.3, -0.25) is 10.3 Å². The van der Waals surface area contributed by atoms with E-state index in [4.69, 9.17) is 10.6 Å². The van der Waals surface area contributed by atoms with Crippen LogP contribution in [0.1, 0.15) is 20.3 Å². The number of amidine groups is 1. The number of hydrogen-bond donors (Lipinski definition) is 2. The van der Waals surface area contributed by atoms with Crippen molar-refractivity contribution in [1.29, 1.82) is 0 Å². The highest BCUT2D eigenvalue weighted by atomic mass is 79.9. The molecule has 1 rings (SSSR count). The SMILES string of the molecule is Br.CC1(C)C/C(=N\C(N)=S)NO1. The number of hydroxylamine groups is 1. The van der Waals surface area contributed by atoms with Crippen molar-refractivity contribution in [2.45, 2.75) is 25.9 Å². The van der Waals surface area contributed by atoms with E-state index in [0.717, 1.165) is 0 Å². The molecule has 0 saturated carbocycles. The summed E-state index contributed by atoms with van der Waals surface area (Å²) in [5.74, 6) is 0.697. The Balaban J connectivity index is 0.00000121. The van der Waals surface area contributed by atoms with Crippen LogP contribution in [0.25, 0.3) is 0 Å². The molecule has 0 unspecified atom stereocenters. The Morgan fingerprint density at radius 3 is 2.67 bits per heavy atom. The first-order valence-corrected chi connectivity index (χ1v) is 3.71. The molecule has 0 bridgehead atoms. The number of halogens is 1. The molecule has 0 aromatic carbocycles. The van der Waals surface area contributed by atoms with Crippen molar-refractivity contribution in [2.24, 2.45) is 10.7 Å². The molecule has 70 valence electrons. The maximum absolute atomic E-state index is 5.21. The largest absolute Gasteiger partial charge is 0.374 e. The van der Waals surface area contributed by atoms with Crippen molar-refractivity contribution in [1.82, 2.24) is 5.48 Å². The van der Waals surface area contributed by atoms with E-state index in [1.165, 1.54) is 0 Å². The smallest absolute Gasteiger partial charge is 0.191 e. The van der Waals surface area contributed by atoms with Crippen molar-refractivity contribution >= 4 is 40.1 Å². The fourth-order valence-electron chi connectivity index (χ4n) is 0.868. The first-order valence-electron chi connectivity index (χ1n) is 3.31. The number of nitrogens with two attached hydrogens (primary N) is 1. The van der Waals surface area contributed by atoms with Crippen LogP contribution in [-0.4, -0.2) is 16.5 Å². The Hall–Kier alpha value is -0.200. The lowest BCUT2D eigenvalue weighted by molar-refractivity contribution is -0.0200. The van der Waals surface area contributed by atoms with Gasteiger partial charge in [-0.1, -0.05) is 0 Å². The highest BCUT2D eigenvalue weighted by molar-refractivity contribution is 8.93. The van der Waals surface area contributed by atoms with Crippen LogP contribution < -0.4 is 11.2 Å². The highest BCUT2D eigenvalue weighted by Crippen LogP contribution is 2.18. The number of nitrogens with one attached hydrogen (secondary N) is 1. The molecule has 0 atom stereocenters. The molecule has 0 aliphatic carbocycles. The minimum atomic E-state index is -0.205. The topological polar surface area (TPSA) is 59.6 Å². The van der Waals surface area contributed by atoms with Crippen LogP contribution in [0.3, 0.4) is 0 Å². The molecule has 6 heteroatoms. The molecule has 4 nitrogen and oxygen atoms in total. The average Bonchev–Trinajstić information content (AvgIpc) is 2.08. The van der Waals surface area contributed by atoms with Gasteiger partial charge in [0.2, 0.25) is 0 Å². The van der Waals surface area contributed by atoms with E-state index in [0.29, 0.717) is 12.3 Å². The predicted molar refractivity (Wildman–Crippen MR) is 57.5 cm³/mol. The van der Waals surface area contributed by atoms with Gasteiger partial charge in [0.15, 0.2) is 5.11 Å². The van der Waals surface area contributed by atoms with E-state index in [1.807, 2.05) is 13.8 Å². The predicted octanol–water partition coefficient (Wildman–Crippen LogP) is 0.910. The van der Waals surface area contributed by atoms with E-state index >= 15 is 0 Å². The summed E-state index contributed by atoms with van der Waals surface area (Å²) in [4.78, 5) is 9.02. The molecular weight excluding hydrogens is 242 g/mol. The van der Waals surface area contributed by atoms with Crippen molar-refractivity contribution in [2.75, 3.05) is 0 Å². The van der Waals surface area contributed by atoms with Gasteiger partial charge >= 0.3 is 0 Å². The zero-order valence-electron chi connectivity index (χ0n) is 6.96. The summed E-state index contributed by atoms with van der Waals surface area (Å²) in [6.45, 7) is 3.92. The molecule has 0 aromatic heterocycles. The minimum absolute atomic E-state index is 0. The third-order valence-corrected chi connectivity index (χ3v) is 1.37. The summed E-state index contributed by atoms with van der Waals surface area (Å²) in [5, 5.41) is 0.133. The van der Waals surface area contributed by atoms with Crippen molar-refractivity contribution < 1.29 is 4.84 Å². The van der Waals surface area contributed by atoms with Crippen LogP contribution in [-0.2, 0) is 4.84 Å². The molecule has 12 heavy (non-hydrogen) atoms. The second-order valence-corrected chi connectivity index (χ2v) is 3.46. The quantitative estimate of drug-likeness (QED) is 0.631. The minimum Gasteiger partial charge on any atom is -0.374 e. The normalized spacial score (nSPS) is 23.0. The second-order valence-electron chi connectivity index (χ2n) is 3.04. The van der Waals surface area contributed by atoms with E-state index < -0.39 is 0 Å². The van der Waals surface area contributed by atoms with Gasteiger partial charge in [0, 0.05) is 6.42 Å². The first-order chi connectivity index (χ1) is 4.99. The van der Waals surface area contributed by atoms with Crippen molar-refractivity contribution in [3.8, 4) is 0 Å². The number of hydrogen-bond acceptors (Lipinski definition) is 2. The Morgan fingerprint density at radius 2 is 2.33 bits per heavy atom. The molecule has 0 spiro atoms. The van der Waals surface area contributed by atoms with Gasteiger partial charge in [0.25, 0.3) is 0 Å². The Labute approximate surface area is 87.3 Å². The van der Waals surface area contributed by atoms with Gasteiger partial charge < -0.3 is 5.73 Å². The lowest BCUT2D eigenvalue weighted by Gasteiger charge is -2.11. The molecular formula is C6H12BrN3OS. The maximum Gasteiger partial charge on any atom is 0.191 e. The molecule has 1 aliphatic heterocycles. The summed E-state index contributed by atoms with van der Waals surface area (Å²) in [5.41, 5.74) is 7.67. The van der Waals surface area contributed by atoms with Crippen LogP contribution >= 0.6 is 29.2 Å². The van der Waals surface area contributed by atoms with E-state index in [-0.39, 0.29) is 27.7 Å². The molecule has 1 heterocycles. The number of aliphatic imine (C=N–C) groups is 1. The summed E-state index contributed by atoms with van der Waals surface area (Å²) in [6.07, 6.45) is 0.713. The first kappa shape index (κ1) is 11.8. The molecule has 1 aliphatic rings. The van der Waals surface area contributed by atoms with Crippen molar-refractivity contribution in [3.63, 3.8) is 0 Å². The van der Waals surface area contributed by atoms with Gasteiger partial charge in [-0.05, 0) is 26.1 Å². The summed E-state index contributed by atoms with van der Waals surface area (Å²) >= 11 is 4.60. The second kappa shape index (κ2) is 4.15. The number of thiocarbonyl (C=S) groups is 1. The molecule has 0 aromatic rings. The summed E-state index contributed by atoms with van der Waals surface area (Å²) < 4.78 is 0. The van der Waals surface area contributed by atoms with Gasteiger partial charge in [-0.2, -0.15) is 0 Å². The Morgan fingerprint density at radius 1 is 1.75 bits per heavy atom. The molecule has 0 amide bonds. The number of rotatable bonds is 0. The van der Waals surface area contributed by atoms with Crippen LogP contribution in [0.2, 0.25) is 0 Å². The molecule has 0 radical (unpaired) electrons. The lowest BCUT2D eigenvalue weighted by Crippen LogP contribution is -2.19. The Kier molecular flexibility index (Phi) is 4.09. The summed E-state index contributed by atoms with van der Waals surface area (Å²) in [6, 6.07) is 0. The Bertz CT molecular complexity index is 217. The third-order valence-electron chi connectivity index (χ3n) is 1.28. The zero-order chi connectivity index (χ0) is 8.48. The lowest BCUT2D eigenvalue weighted by atomic mass is 10.1. The van der Waals surface area contributed by atoms with Crippen LogP contribution in [0.5, 0.6) is 0 Å². The van der Waals surface area contributed by atoms with Crippen LogP contribution in [0, 0.1) is 0 Å². The van der Waals surface area contributed by atoms with Crippen molar-refractivity contribution in [3.05, 3.63) is 0 Å².